The van der Waals surface area contributed by atoms with Gasteiger partial charge in [-0.2, -0.15) is 0 Å². The van der Waals surface area contributed by atoms with Crippen LogP contribution in [0.15, 0.2) is 46.5 Å². The van der Waals surface area contributed by atoms with Gasteiger partial charge in [0.25, 0.3) is 5.56 Å². The molecule has 0 aliphatic carbocycles. The third kappa shape index (κ3) is 2.70. The van der Waals surface area contributed by atoms with Crippen molar-refractivity contribution in [2.75, 3.05) is 0 Å². The number of aryl methyl sites for hydroxylation is 1. The standard InChI is InChI=1S/C14H12N4OS/c1-9-6-7-15-14(16-9)20-8-12-17-11-5-3-2-4-10(11)13(19)18-12/h2-7H,8H2,1H3,(H,17,18,19)/p+1. The van der Waals surface area contributed by atoms with Gasteiger partial charge in [-0.15, -0.1) is 0 Å². The minimum atomic E-state index is -0.104. The third-order valence-electron chi connectivity index (χ3n) is 2.82. The molecular formula is C14H13N4OS+. The second kappa shape index (κ2) is 5.42. The highest BCUT2D eigenvalue weighted by Gasteiger charge is 2.09. The van der Waals surface area contributed by atoms with Gasteiger partial charge in [0.05, 0.1) is 22.9 Å². The Bertz CT molecular complexity index is 815. The molecule has 2 aromatic heterocycles. The Morgan fingerprint density at radius 3 is 2.95 bits per heavy atom. The van der Waals surface area contributed by atoms with Crippen LogP contribution in [0, 0.1) is 6.92 Å². The molecule has 0 unspecified atom stereocenters. The number of H-pyrrole nitrogens is 2. The van der Waals surface area contributed by atoms with Crippen LogP contribution in [-0.2, 0) is 5.75 Å². The molecule has 0 saturated heterocycles. The average Bonchev–Trinajstić information content (AvgIpc) is 2.45. The Kier molecular flexibility index (Phi) is 3.47. The predicted octanol–water partition coefficient (Wildman–Crippen LogP) is 1.73. The first-order valence-corrected chi connectivity index (χ1v) is 7.17. The molecule has 0 atom stereocenters. The number of hydrogen-bond donors (Lipinski definition) is 1. The minimum Gasteiger partial charge on any atom is -0.309 e. The molecule has 5 nitrogen and oxygen atoms in total. The Hall–Kier alpha value is -2.21. The lowest BCUT2D eigenvalue weighted by molar-refractivity contribution is -0.434. The molecular weight excluding hydrogens is 272 g/mol. The molecule has 100 valence electrons. The zero-order chi connectivity index (χ0) is 13.9. The van der Waals surface area contributed by atoms with Crippen LogP contribution in [0.4, 0.5) is 0 Å². The van der Waals surface area contributed by atoms with Crippen LogP contribution in [0.2, 0.25) is 0 Å². The van der Waals surface area contributed by atoms with Crippen molar-refractivity contribution < 1.29 is 4.98 Å². The number of nitrogens with zero attached hydrogens (tertiary/aromatic N) is 2. The van der Waals surface area contributed by atoms with Gasteiger partial charge in [0.15, 0.2) is 5.69 Å². The monoisotopic (exact) mass is 285 g/mol. The van der Waals surface area contributed by atoms with Gasteiger partial charge in [-0.1, -0.05) is 12.1 Å². The van der Waals surface area contributed by atoms with Gasteiger partial charge < -0.3 is 4.98 Å². The van der Waals surface area contributed by atoms with E-state index >= 15 is 0 Å². The van der Waals surface area contributed by atoms with E-state index in [1.54, 1.807) is 6.07 Å². The van der Waals surface area contributed by atoms with E-state index in [9.17, 15) is 4.79 Å². The van der Waals surface area contributed by atoms with E-state index in [2.05, 4.69) is 19.9 Å². The third-order valence-corrected chi connectivity index (χ3v) is 3.72. The normalized spacial score (nSPS) is 10.8. The van der Waals surface area contributed by atoms with Crippen LogP contribution in [0.1, 0.15) is 11.5 Å². The van der Waals surface area contributed by atoms with Gasteiger partial charge in [0.2, 0.25) is 0 Å². The molecule has 20 heavy (non-hydrogen) atoms. The fraction of sp³-hybridized carbons (Fsp3) is 0.143. The topological polar surface area (TPSA) is 72.8 Å². The van der Waals surface area contributed by atoms with Gasteiger partial charge >= 0.3 is 5.16 Å². The SMILES string of the molecule is Cc1cc[nH+]c(SCc2nc3ccccc3c(=O)[nH]2)n1. The summed E-state index contributed by atoms with van der Waals surface area (Å²) in [5.74, 6) is 1.21. The van der Waals surface area contributed by atoms with Crippen molar-refractivity contribution in [3.8, 4) is 0 Å². The Morgan fingerprint density at radius 2 is 2.10 bits per heavy atom. The summed E-state index contributed by atoms with van der Waals surface area (Å²) in [6, 6.07) is 9.23. The highest BCUT2D eigenvalue weighted by atomic mass is 32.2. The predicted molar refractivity (Wildman–Crippen MR) is 77.5 cm³/mol. The van der Waals surface area contributed by atoms with Crippen molar-refractivity contribution in [3.05, 3.63) is 58.4 Å². The van der Waals surface area contributed by atoms with Gasteiger partial charge in [-0.25, -0.2) is 9.97 Å². The summed E-state index contributed by atoms with van der Waals surface area (Å²) in [5, 5.41) is 1.42. The molecule has 3 aromatic rings. The van der Waals surface area contributed by atoms with Crippen LogP contribution >= 0.6 is 11.8 Å². The maximum Gasteiger partial charge on any atom is 0.357 e. The molecule has 0 spiro atoms. The van der Waals surface area contributed by atoms with E-state index in [0.717, 1.165) is 10.9 Å². The molecule has 0 amide bonds. The molecule has 3 rings (SSSR count). The summed E-state index contributed by atoms with van der Waals surface area (Å²) in [4.78, 5) is 26.6. The molecule has 0 bridgehead atoms. The maximum atomic E-state index is 11.9. The summed E-state index contributed by atoms with van der Waals surface area (Å²) >= 11 is 1.51. The second-order valence-corrected chi connectivity index (χ2v) is 5.32. The van der Waals surface area contributed by atoms with Gasteiger partial charge in [-0.05, 0) is 28.9 Å². The van der Waals surface area contributed by atoms with Crippen molar-refractivity contribution in [1.29, 1.82) is 0 Å². The summed E-state index contributed by atoms with van der Waals surface area (Å²) < 4.78 is 0. The fourth-order valence-corrected chi connectivity index (χ4v) is 2.65. The van der Waals surface area contributed by atoms with E-state index in [1.807, 2.05) is 37.4 Å². The highest BCUT2D eigenvalue weighted by Crippen LogP contribution is 2.15. The van der Waals surface area contributed by atoms with Crippen molar-refractivity contribution >= 4 is 22.7 Å². The largest absolute Gasteiger partial charge is 0.357 e. The zero-order valence-electron chi connectivity index (χ0n) is 10.9. The van der Waals surface area contributed by atoms with Crippen LogP contribution in [0.3, 0.4) is 0 Å². The number of hydrogen-bond acceptors (Lipinski definition) is 4. The lowest BCUT2D eigenvalue weighted by atomic mass is 10.2. The number of para-hydroxylation sites is 1. The molecule has 6 heteroatoms. The molecule has 0 saturated carbocycles. The Labute approximate surface area is 119 Å². The smallest absolute Gasteiger partial charge is 0.309 e. The van der Waals surface area contributed by atoms with Gasteiger partial charge in [-0.3, -0.25) is 4.79 Å². The van der Waals surface area contributed by atoms with Crippen molar-refractivity contribution in [3.63, 3.8) is 0 Å². The molecule has 0 radical (unpaired) electrons. The lowest BCUT2D eigenvalue weighted by Crippen LogP contribution is -2.12. The Morgan fingerprint density at radius 1 is 1.25 bits per heavy atom. The summed E-state index contributed by atoms with van der Waals surface area (Å²) in [6.07, 6.45) is 1.85. The number of nitrogens with one attached hydrogen (secondary N) is 2. The number of thioether (sulfide) groups is 1. The maximum absolute atomic E-state index is 11.9. The first kappa shape index (κ1) is 12.8. The summed E-state index contributed by atoms with van der Waals surface area (Å²) in [7, 11) is 0. The van der Waals surface area contributed by atoms with Gasteiger partial charge in [0.1, 0.15) is 5.82 Å². The number of benzene rings is 1. The van der Waals surface area contributed by atoms with Crippen molar-refractivity contribution in [2.24, 2.45) is 0 Å². The number of fused-ring (bicyclic) bond motifs is 1. The van der Waals surface area contributed by atoms with E-state index in [-0.39, 0.29) is 5.56 Å². The Balaban J connectivity index is 1.86. The van der Waals surface area contributed by atoms with Crippen molar-refractivity contribution in [1.82, 2.24) is 15.0 Å². The van der Waals surface area contributed by atoms with Crippen LogP contribution in [-0.4, -0.2) is 15.0 Å². The van der Waals surface area contributed by atoms with Crippen LogP contribution in [0.25, 0.3) is 10.9 Å². The number of aromatic amines is 2. The minimum absolute atomic E-state index is 0.104. The first-order chi connectivity index (χ1) is 9.72. The number of aromatic nitrogens is 4. The van der Waals surface area contributed by atoms with Crippen LogP contribution < -0.4 is 10.5 Å². The van der Waals surface area contributed by atoms with Crippen LogP contribution in [0.5, 0.6) is 0 Å². The quantitative estimate of drug-likeness (QED) is 0.587. The molecule has 0 aliphatic heterocycles. The molecule has 2 N–H and O–H groups in total. The van der Waals surface area contributed by atoms with Gasteiger partial charge in [0, 0.05) is 13.0 Å². The summed E-state index contributed by atoms with van der Waals surface area (Å²) in [5.41, 5.74) is 1.56. The van der Waals surface area contributed by atoms with E-state index in [0.29, 0.717) is 22.5 Å². The molecule has 0 fully saturated rings. The molecule has 2 heterocycles. The second-order valence-electron chi connectivity index (χ2n) is 4.35. The van der Waals surface area contributed by atoms with E-state index in [1.165, 1.54) is 11.8 Å². The molecule has 1 aromatic carbocycles. The number of rotatable bonds is 3. The zero-order valence-corrected chi connectivity index (χ0v) is 11.7. The highest BCUT2D eigenvalue weighted by molar-refractivity contribution is 7.98. The van der Waals surface area contributed by atoms with Crippen molar-refractivity contribution in [2.45, 2.75) is 17.8 Å². The lowest BCUT2D eigenvalue weighted by Gasteiger charge is -2.00. The van der Waals surface area contributed by atoms with E-state index < -0.39 is 0 Å². The van der Waals surface area contributed by atoms with E-state index in [4.69, 9.17) is 0 Å². The molecule has 0 aliphatic rings. The summed E-state index contributed by atoms with van der Waals surface area (Å²) in [6.45, 7) is 1.94. The fourth-order valence-electron chi connectivity index (χ4n) is 1.88. The first-order valence-electron chi connectivity index (χ1n) is 6.18. The average molecular weight is 285 g/mol.